The zero-order chi connectivity index (χ0) is 19.9. The van der Waals surface area contributed by atoms with E-state index in [2.05, 4.69) is 5.32 Å². The number of carbonyl (C=O) groups is 1. The molecule has 0 heterocycles. The van der Waals surface area contributed by atoms with Crippen molar-refractivity contribution in [3.63, 3.8) is 0 Å². The fourth-order valence-electron chi connectivity index (χ4n) is 2.99. The van der Waals surface area contributed by atoms with Crippen molar-refractivity contribution < 1.29 is 13.9 Å². The van der Waals surface area contributed by atoms with Crippen molar-refractivity contribution in [2.75, 3.05) is 13.2 Å². The Hall–Kier alpha value is -3.18. The van der Waals surface area contributed by atoms with Gasteiger partial charge in [-0.2, -0.15) is 0 Å². The van der Waals surface area contributed by atoms with Gasteiger partial charge >= 0.3 is 0 Å². The van der Waals surface area contributed by atoms with Crippen LogP contribution in [0.4, 0.5) is 4.39 Å². The molecule has 0 aromatic heterocycles. The van der Waals surface area contributed by atoms with Crippen LogP contribution < -0.4 is 15.8 Å². The maximum Gasteiger partial charge on any atom is 0.251 e. The Bertz CT molecular complexity index is 944. The van der Waals surface area contributed by atoms with Crippen LogP contribution in [0.2, 0.25) is 0 Å². The molecule has 0 aliphatic heterocycles. The zero-order valence-electron chi connectivity index (χ0n) is 15.7. The van der Waals surface area contributed by atoms with E-state index in [1.54, 1.807) is 37.3 Å². The highest BCUT2D eigenvalue weighted by molar-refractivity contribution is 5.95. The van der Waals surface area contributed by atoms with E-state index in [-0.39, 0.29) is 17.7 Å². The van der Waals surface area contributed by atoms with Crippen LogP contribution in [0.1, 0.15) is 28.9 Å². The number of rotatable bonds is 7. The summed E-state index contributed by atoms with van der Waals surface area (Å²) >= 11 is 0. The molecule has 3 rings (SSSR count). The lowest BCUT2D eigenvalue weighted by molar-refractivity contribution is 0.0938. The second-order valence-electron chi connectivity index (χ2n) is 6.33. The van der Waals surface area contributed by atoms with E-state index >= 15 is 0 Å². The van der Waals surface area contributed by atoms with Crippen LogP contribution in [-0.4, -0.2) is 19.1 Å². The molecule has 0 radical (unpaired) electrons. The third kappa shape index (κ3) is 4.56. The molecule has 0 fully saturated rings. The fourth-order valence-corrected chi connectivity index (χ4v) is 2.99. The molecule has 0 saturated heterocycles. The minimum Gasteiger partial charge on any atom is -0.491 e. The van der Waals surface area contributed by atoms with Gasteiger partial charge in [0.2, 0.25) is 0 Å². The predicted octanol–water partition coefficient (Wildman–Crippen LogP) is 4.32. The Morgan fingerprint density at radius 3 is 2.50 bits per heavy atom. The number of hydrogen-bond acceptors (Lipinski definition) is 3. The van der Waals surface area contributed by atoms with E-state index in [1.165, 1.54) is 6.07 Å². The molecule has 3 aromatic rings. The highest BCUT2D eigenvalue weighted by Gasteiger charge is 2.15. The summed E-state index contributed by atoms with van der Waals surface area (Å²) < 4.78 is 19.1. The lowest BCUT2D eigenvalue weighted by Crippen LogP contribution is -2.33. The molecule has 0 saturated carbocycles. The molecule has 1 amide bonds. The molecule has 3 aromatic carbocycles. The molecular formula is C23H23FN2O2. The number of nitrogens with two attached hydrogens (primary N) is 1. The van der Waals surface area contributed by atoms with E-state index in [0.717, 1.165) is 16.7 Å². The molecule has 3 N–H and O–H groups in total. The van der Waals surface area contributed by atoms with Gasteiger partial charge in [0.15, 0.2) is 11.6 Å². The van der Waals surface area contributed by atoms with Crippen LogP contribution in [0.15, 0.2) is 72.8 Å². The van der Waals surface area contributed by atoms with Crippen molar-refractivity contribution in [3.05, 3.63) is 89.7 Å². The first-order chi connectivity index (χ1) is 13.6. The first-order valence-corrected chi connectivity index (χ1v) is 9.21. The Morgan fingerprint density at radius 2 is 1.79 bits per heavy atom. The number of halogens is 1. The summed E-state index contributed by atoms with van der Waals surface area (Å²) in [6, 6.07) is 21.2. The quantitative estimate of drug-likeness (QED) is 0.643. The number of nitrogens with one attached hydrogen (secondary N) is 1. The third-order valence-electron chi connectivity index (χ3n) is 4.43. The molecule has 28 heavy (non-hydrogen) atoms. The average molecular weight is 378 g/mol. The lowest BCUT2D eigenvalue weighted by atomic mass is 10.0. The summed E-state index contributed by atoms with van der Waals surface area (Å²) in [7, 11) is 0. The summed E-state index contributed by atoms with van der Waals surface area (Å²) in [6.07, 6.45) is 0. The van der Waals surface area contributed by atoms with Gasteiger partial charge in [-0.3, -0.25) is 4.79 Å². The first-order valence-electron chi connectivity index (χ1n) is 9.21. The van der Waals surface area contributed by atoms with Gasteiger partial charge < -0.3 is 15.8 Å². The third-order valence-corrected chi connectivity index (χ3v) is 4.43. The Morgan fingerprint density at radius 1 is 1.04 bits per heavy atom. The van der Waals surface area contributed by atoms with E-state index < -0.39 is 5.82 Å². The van der Waals surface area contributed by atoms with Gasteiger partial charge in [-0.1, -0.05) is 48.5 Å². The van der Waals surface area contributed by atoms with E-state index in [1.807, 2.05) is 36.4 Å². The van der Waals surface area contributed by atoms with E-state index in [9.17, 15) is 9.18 Å². The normalized spacial score (nSPS) is 11.7. The summed E-state index contributed by atoms with van der Waals surface area (Å²) in [5.41, 5.74) is 8.89. The maximum atomic E-state index is 13.8. The Kier molecular flexibility index (Phi) is 6.40. The molecule has 0 aliphatic rings. The molecule has 5 heteroatoms. The molecule has 0 aliphatic carbocycles. The molecule has 4 nitrogen and oxygen atoms in total. The highest BCUT2D eigenvalue weighted by atomic mass is 19.1. The van der Waals surface area contributed by atoms with Gasteiger partial charge in [-0.05, 0) is 47.9 Å². The molecule has 0 bridgehead atoms. The monoisotopic (exact) mass is 378 g/mol. The predicted molar refractivity (Wildman–Crippen MR) is 109 cm³/mol. The topological polar surface area (TPSA) is 64.3 Å². The second-order valence-corrected chi connectivity index (χ2v) is 6.33. The SMILES string of the molecule is CCOc1cc(-c2cccc(C(=O)N[C@@H](CN)c3ccccc3)c2)ccc1F. The minimum atomic E-state index is -0.409. The summed E-state index contributed by atoms with van der Waals surface area (Å²) in [5, 5.41) is 2.97. The number of benzene rings is 3. The van der Waals surface area contributed by atoms with Crippen LogP contribution in [-0.2, 0) is 0 Å². The molecule has 1 atom stereocenters. The van der Waals surface area contributed by atoms with E-state index in [0.29, 0.717) is 18.7 Å². The van der Waals surface area contributed by atoms with Crippen molar-refractivity contribution in [1.29, 1.82) is 0 Å². The second kappa shape index (κ2) is 9.15. The van der Waals surface area contributed by atoms with Gasteiger partial charge in [0, 0.05) is 12.1 Å². The van der Waals surface area contributed by atoms with Crippen LogP contribution in [0.5, 0.6) is 5.75 Å². The van der Waals surface area contributed by atoms with Crippen LogP contribution in [0.3, 0.4) is 0 Å². The van der Waals surface area contributed by atoms with Crippen molar-refractivity contribution >= 4 is 5.91 Å². The van der Waals surface area contributed by atoms with Crippen molar-refractivity contribution in [2.24, 2.45) is 5.73 Å². The summed E-state index contributed by atoms with van der Waals surface area (Å²) in [5.74, 6) is -0.427. The van der Waals surface area contributed by atoms with E-state index in [4.69, 9.17) is 10.5 Å². The average Bonchev–Trinajstić information content (AvgIpc) is 2.74. The Balaban J connectivity index is 1.83. The van der Waals surface area contributed by atoms with Gasteiger partial charge in [-0.25, -0.2) is 4.39 Å². The number of hydrogen-bond donors (Lipinski definition) is 2. The summed E-state index contributed by atoms with van der Waals surface area (Å²) in [4.78, 5) is 12.7. The molecule has 0 spiro atoms. The largest absolute Gasteiger partial charge is 0.491 e. The molecule has 144 valence electrons. The first kappa shape index (κ1) is 19.6. The molecular weight excluding hydrogens is 355 g/mol. The van der Waals surface area contributed by atoms with Gasteiger partial charge in [0.25, 0.3) is 5.91 Å². The zero-order valence-corrected chi connectivity index (χ0v) is 15.7. The molecule has 0 unspecified atom stereocenters. The number of ether oxygens (including phenoxy) is 1. The van der Waals surface area contributed by atoms with Crippen molar-refractivity contribution in [3.8, 4) is 16.9 Å². The van der Waals surface area contributed by atoms with Gasteiger partial charge in [0.1, 0.15) is 0 Å². The smallest absolute Gasteiger partial charge is 0.251 e. The highest BCUT2D eigenvalue weighted by Crippen LogP contribution is 2.27. The standard InChI is InChI=1S/C23H23FN2O2/c1-2-28-22-14-18(11-12-20(22)24)17-9-6-10-19(13-17)23(27)26-21(15-25)16-7-4-3-5-8-16/h3-14,21H,2,15,25H2,1H3,(H,26,27)/t21-/m0/s1. The maximum absolute atomic E-state index is 13.8. The van der Waals surface area contributed by atoms with Crippen LogP contribution in [0.25, 0.3) is 11.1 Å². The fraction of sp³-hybridized carbons (Fsp3) is 0.174. The van der Waals surface area contributed by atoms with Crippen LogP contribution in [0, 0.1) is 5.82 Å². The van der Waals surface area contributed by atoms with Gasteiger partial charge in [0.05, 0.1) is 12.6 Å². The van der Waals surface area contributed by atoms with Crippen molar-refractivity contribution in [1.82, 2.24) is 5.32 Å². The van der Waals surface area contributed by atoms with Gasteiger partial charge in [-0.15, -0.1) is 0 Å². The number of carbonyl (C=O) groups excluding carboxylic acids is 1. The van der Waals surface area contributed by atoms with Crippen LogP contribution >= 0.6 is 0 Å². The number of amides is 1. The Labute approximate surface area is 164 Å². The van der Waals surface area contributed by atoms with Crippen molar-refractivity contribution in [2.45, 2.75) is 13.0 Å². The summed E-state index contributed by atoms with van der Waals surface area (Å²) in [6.45, 7) is 2.48. The lowest BCUT2D eigenvalue weighted by Gasteiger charge is -2.17. The minimum absolute atomic E-state index is 0.196.